The van der Waals surface area contributed by atoms with Gasteiger partial charge in [-0.15, -0.1) is 11.8 Å². The molecule has 2 amide bonds. The molecule has 1 aliphatic rings. The summed E-state index contributed by atoms with van der Waals surface area (Å²) in [6.45, 7) is 4.68. The largest absolute Gasteiger partial charge is 0.481 e. The van der Waals surface area contributed by atoms with Crippen LogP contribution in [0.5, 0.6) is 0 Å². The van der Waals surface area contributed by atoms with Crippen LogP contribution in [0.25, 0.3) is 0 Å². The number of rotatable bonds is 8. The molecule has 1 atom stereocenters. The fourth-order valence-corrected chi connectivity index (χ4v) is 3.12. The van der Waals surface area contributed by atoms with Crippen molar-refractivity contribution in [1.82, 2.24) is 9.88 Å². The van der Waals surface area contributed by atoms with Crippen LogP contribution in [-0.4, -0.2) is 44.6 Å². The molecular weight excluding hydrogens is 340 g/mol. The van der Waals surface area contributed by atoms with Crippen LogP contribution in [0.15, 0.2) is 29.4 Å². The second-order valence-corrected chi connectivity index (χ2v) is 7.28. The molecule has 0 radical (unpaired) electrons. The van der Waals surface area contributed by atoms with Crippen molar-refractivity contribution >= 4 is 29.5 Å². The van der Waals surface area contributed by atoms with E-state index in [1.165, 1.54) is 4.90 Å². The molecule has 0 aromatic carbocycles. The van der Waals surface area contributed by atoms with Crippen LogP contribution in [0.2, 0.25) is 0 Å². The van der Waals surface area contributed by atoms with Crippen molar-refractivity contribution in [3.8, 4) is 0 Å². The van der Waals surface area contributed by atoms with Gasteiger partial charge in [-0.1, -0.05) is 26.3 Å². The van der Waals surface area contributed by atoms with Crippen molar-refractivity contribution in [3.05, 3.63) is 24.4 Å². The average molecular weight is 366 g/mol. The second-order valence-electron chi connectivity index (χ2n) is 5.82. The molecule has 1 aliphatic heterocycles. The summed E-state index contributed by atoms with van der Waals surface area (Å²) in [6, 6.07) is 5.73. The minimum Gasteiger partial charge on any atom is -0.481 e. The van der Waals surface area contributed by atoms with E-state index in [1.54, 1.807) is 18.0 Å². The molecule has 0 spiro atoms. The van der Waals surface area contributed by atoms with Crippen molar-refractivity contribution in [2.45, 2.75) is 62.6 Å². The summed E-state index contributed by atoms with van der Waals surface area (Å²) in [7, 11) is 0. The van der Waals surface area contributed by atoms with Gasteiger partial charge >= 0.3 is 5.97 Å². The minimum atomic E-state index is -0.738. The first kappa shape index (κ1) is 21.2. The minimum absolute atomic E-state index is 0.00319. The number of pyridine rings is 1. The molecule has 1 unspecified atom stereocenters. The van der Waals surface area contributed by atoms with Crippen molar-refractivity contribution in [2.24, 2.45) is 0 Å². The first-order valence-corrected chi connectivity index (χ1v) is 9.44. The molecule has 0 saturated carbocycles. The number of amides is 2. The van der Waals surface area contributed by atoms with E-state index < -0.39 is 5.97 Å². The summed E-state index contributed by atoms with van der Waals surface area (Å²) in [6.07, 6.45) is 5.43. The smallest absolute Gasteiger partial charge is 0.303 e. The zero-order chi connectivity index (χ0) is 18.7. The molecule has 1 fully saturated rings. The third-order valence-electron chi connectivity index (χ3n) is 3.61. The van der Waals surface area contributed by atoms with Gasteiger partial charge in [0.25, 0.3) is 0 Å². The number of hydrogen-bond acceptors (Lipinski definition) is 5. The zero-order valence-corrected chi connectivity index (χ0v) is 15.6. The maximum atomic E-state index is 11.0. The third kappa shape index (κ3) is 8.67. The van der Waals surface area contributed by atoms with E-state index in [1.807, 2.05) is 32.0 Å². The maximum Gasteiger partial charge on any atom is 0.303 e. The van der Waals surface area contributed by atoms with Gasteiger partial charge in [0.05, 0.1) is 5.03 Å². The number of nitrogens with zero attached hydrogens (tertiary/aromatic N) is 2. The first-order chi connectivity index (χ1) is 11.9. The van der Waals surface area contributed by atoms with E-state index in [-0.39, 0.29) is 18.2 Å². The zero-order valence-electron chi connectivity index (χ0n) is 14.8. The second kappa shape index (κ2) is 11.6. The predicted octanol–water partition coefficient (Wildman–Crippen LogP) is 3.36. The molecule has 7 heteroatoms. The Hall–Kier alpha value is -1.89. The number of unbranched alkanes of at least 4 members (excludes halogenated alkanes) is 1. The van der Waals surface area contributed by atoms with Crippen LogP contribution < -0.4 is 0 Å². The standard InChI is InChI=1S/C10H13NO2S.C8H13NO2/c1-8(5-6-10(12)13)14-9-4-2-3-7-11-9;1-2-3-6-9-7(10)4-5-8(9)11/h2-4,7-8H,5-6H2,1H3,(H,12,13);2-6H2,1H3. The quantitative estimate of drug-likeness (QED) is 0.561. The Kier molecular flexibility index (Phi) is 9.84. The van der Waals surface area contributed by atoms with Crippen molar-refractivity contribution in [2.75, 3.05) is 6.54 Å². The number of carbonyl (C=O) groups is 3. The monoisotopic (exact) mass is 366 g/mol. The van der Waals surface area contributed by atoms with Gasteiger partial charge in [0, 0.05) is 37.3 Å². The molecule has 2 heterocycles. The lowest BCUT2D eigenvalue weighted by molar-refractivity contribution is -0.139. The molecule has 2 rings (SSSR count). The Labute approximate surface area is 153 Å². The molecule has 138 valence electrons. The highest BCUT2D eigenvalue weighted by Crippen LogP contribution is 2.23. The number of carboxylic acids is 1. The fraction of sp³-hybridized carbons (Fsp3) is 0.556. The number of carbonyl (C=O) groups excluding carboxylic acids is 2. The SMILES string of the molecule is CC(CCC(=O)O)Sc1ccccn1.CCCCN1C(=O)CCC1=O. The maximum absolute atomic E-state index is 11.0. The van der Waals surface area contributed by atoms with Crippen LogP contribution in [0.3, 0.4) is 0 Å². The number of imide groups is 1. The van der Waals surface area contributed by atoms with Crippen molar-refractivity contribution < 1.29 is 19.5 Å². The van der Waals surface area contributed by atoms with Crippen molar-refractivity contribution in [3.63, 3.8) is 0 Å². The Morgan fingerprint density at radius 3 is 2.52 bits per heavy atom. The van der Waals surface area contributed by atoms with E-state index in [9.17, 15) is 14.4 Å². The van der Waals surface area contributed by atoms with Gasteiger partial charge in [-0.25, -0.2) is 4.98 Å². The highest BCUT2D eigenvalue weighted by Gasteiger charge is 2.27. The Morgan fingerprint density at radius 1 is 1.32 bits per heavy atom. The number of thioether (sulfide) groups is 1. The van der Waals surface area contributed by atoms with Crippen LogP contribution in [0.1, 0.15) is 52.4 Å². The molecule has 6 nitrogen and oxygen atoms in total. The van der Waals surface area contributed by atoms with Gasteiger partial charge in [-0.2, -0.15) is 0 Å². The van der Waals surface area contributed by atoms with E-state index >= 15 is 0 Å². The number of carboxylic acid groups (broad SMARTS) is 1. The first-order valence-electron chi connectivity index (χ1n) is 8.56. The molecule has 0 aliphatic carbocycles. The van der Waals surface area contributed by atoms with Gasteiger partial charge in [0.2, 0.25) is 11.8 Å². The summed E-state index contributed by atoms with van der Waals surface area (Å²) in [4.78, 5) is 37.9. The molecule has 1 saturated heterocycles. The van der Waals surface area contributed by atoms with E-state index in [0.717, 1.165) is 17.9 Å². The topological polar surface area (TPSA) is 87.6 Å². The number of likely N-dealkylation sites (tertiary alicyclic amines) is 1. The molecule has 0 bridgehead atoms. The highest BCUT2D eigenvalue weighted by molar-refractivity contribution is 7.99. The molecular formula is C18H26N2O4S. The van der Waals surface area contributed by atoms with Gasteiger partial charge in [0.15, 0.2) is 0 Å². The number of aromatic nitrogens is 1. The lowest BCUT2D eigenvalue weighted by Gasteiger charge is -2.11. The summed E-state index contributed by atoms with van der Waals surface area (Å²) in [5.41, 5.74) is 0. The normalized spacial score (nSPS) is 14.9. The van der Waals surface area contributed by atoms with Crippen LogP contribution >= 0.6 is 11.8 Å². The summed E-state index contributed by atoms with van der Waals surface area (Å²) >= 11 is 1.61. The lowest BCUT2D eigenvalue weighted by atomic mass is 10.2. The Balaban J connectivity index is 0.000000257. The number of hydrogen-bond donors (Lipinski definition) is 1. The average Bonchev–Trinajstić information content (AvgIpc) is 2.91. The van der Waals surface area contributed by atoms with Gasteiger partial charge in [-0.3, -0.25) is 19.3 Å². The molecule has 1 aromatic rings. The summed E-state index contributed by atoms with van der Waals surface area (Å²) < 4.78 is 0. The van der Waals surface area contributed by atoms with E-state index in [4.69, 9.17) is 5.11 Å². The molecule has 25 heavy (non-hydrogen) atoms. The lowest BCUT2D eigenvalue weighted by Crippen LogP contribution is -2.29. The summed E-state index contributed by atoms with van der Waals surface area (Å²) in [5, 5.41) is 9.75. The van der Waals surface area contributed by atoms with Crippen molar-refractivity contribution in [1.29, 1.82) is 0 Å². The van der Waals surface area contributed by atoms with Crippen LogP contribution in [0.4, 0.5) is 0 Å². The van der Waals surface area contributed by atoms with Gasteiger partial charge in [-0.05, 0) is 25.0 Å². The molecule has 1 N–H and O–H groups in total. The molecule has 1 aromatic heterocycles. The van der Waals surface area contributed by atoms with Crippen LogP contribution in [0, 0.1) is 0 Å². The Bertz CT molecular complexity index is 549. The third-order valence-corrected chi connectivity index (χ3v) is 4.74. The van der Waals surface area contributed by atoms with E-state index in [0.29, 0.717) is 31.1 Å². The number of aliphatic carboxylic acids is 1. The Morgan fingerprint density at radius 2 is 2.00 bits per heavy atom. The van der Waals surface area contributed by atoms with E-state index in [2.05, 4.69) is 4.98 Å². The van der Waals surface area contributed by atoms with Gasteiger partial charge < -0.3 is 5.11 Å². The van der Waals surface area contributed by atoms with Crippen LogP contribution in [-0.2, 0) is 14.4 Å². The summed E-state index contributed by atoms with van der Waals surface area (Å²) in [5.74, 6) is -0.731. The highest BCUT2D eigenvalue weighted by atomic mass is 32.2. The van der Waals surface area contributed by atoms with Gasteiger partial charge in [0.1, 0.15) is 0 Å². The predicted molar refractivity (Wildman–Crippen MR) is 97.3 cm³/mol. The fourth-order valence-electron chi connectivity index (χ4n) is 2.20.